The Hall–Kier alpha value is -4.55. The Morgan fingerprint density at radius 2 is 1.75 bits per heavy atom. The van der Waals surface area contributed by atoms with Gasteiger partial charge in [0.1, 0.15) is 34.7 Å². The summed E-state index contributed by atoms with van der Waals surface area (Å²) in [5, 5.41) is 20.5. The van der Waals surface area contributed by atoms with Gasteiger partial charge in [0.25, 0.3) is 0 Å². The Morgan fingerprint density at radius 3 is 2.43 bits per heavy atom. The van der Waals surface area contributed by atoms with Crippen LogP contribution in [0.25, 0.3) is 0 Å². The molecule has 1 aliphatic carbocycles. The number of carbonyl (C=O) groups excluding carboxylic acids is 3. The molecule has 5 rings (SSSR count). The molecular weight excluding hydrogens is 658 g/mol. The van der Waals surface area contributed by atoms with Crippen LogP contribution in [0.2, 0.25) is 0 Å². The number of carbonyl (C=O) groups is 3. The van der Waals surface area contributed by atoms with E-state index in [2.05, 4.69) is 16.0 Å². The molecule has 3 amide bonds. The maximum atomic E-state index is 14.4. The average molecular weight is 707 g/mol. The molecule has 3 aromatic rings. The topological polar surface area (TPSA) is 129 Å². The Labute approximate surface area is 297 Å². The number of hydrogen-bond acceptors (Lipinski definition) is 7. The van der Waals surface area contributed by atoms with Crippen LogP contribution in [0.1, 0.15) is 55.7 Å². The molecule has 0 bridgehead atoms. The van der Waals surface area contributed by atoms with E-state index in [4.69, 9.17) is 9.47 Å². The SMILES string of the molecule is COc1cccc(CNC[C@@H](O)[C@H](Cc2cc(F)cc(F)c2)NC(=O)[C@H](CCc2ccccc2OC)N2CC[C@](CC3CC3)(NC(C)=O)C2=O)c1. The van der Waals surface area contributed by atoms with Crippen LogP contribution in [0, 0.1) is 17.6 Å². The van der Waals surface area contributed by atoms with E-state index in [0.29, 0.717) is 43.2 Å². The van der Waals surface area contributed by atoms with Crippen LogP contribution in [-0.2, 0) is 33.8 Å². The highest BCUT2D eigenvalue weighted by molar-refractivity contribution is 5.96. The van der Waals surface area contributed by atoms with E-state index >= 15 is 0 Å². The molecule has 2 fully saturated rings. The van der Waals surface area contributed by atoms with Gasteiger partial charge in [-0.05, 0) is 85.0 Å². The molecule has 12 heteroatoms. The van der Waals surface area contributed by atoms with Crippen LogP contribution in [0.5, 0.6) is 11.5 Å². The number of nitrogens with zero attached hydrogens (tertiary/aromatic N) is 1. The molecule has 1 heterocycles. The summed E-state index contributed by atoms with van der Waals surface area (Å²) in [5.74, 6) is -1.03. The minimum atomic E-state index is -1.18. The summed E-state index contributed by atoms with van der Waals surface area (Å²) in [4.78, 5) is 42.5. The average Bonchev–Trinajstić information content (AvgIpc) is 3.86. The molecule has 0 radical (unpaired) electrons. The predicted molar refractivity (Wildman–Crippen MR) is 188 cm³/mol. The summed E-state index contributed by atoms with van der Waals surface area (Å²) in [6, 6.07) is 16.0. The van der Waals surface area contributed by atoms with Gasteiger partial charge in [-0.1, -0.05) is 43.2 Å². The monoisotopic (exact) mass is 706 g/mol. The first-order valence-electron chi connectivity index (χ1n) is 17.5. The number of nitrogens with one attached hydrogen (secondary N) is 3. The summed E-state index contributed by atoms with van der Waals surface area (Å²) in [7, 11) is 3.14. The fraction of sp³-hybridized carbons (Fsp3) is 0.462. The van der Waals surface area contributed by atoms with Crippen molar-refractivity contribution >= 4 is 17.7 Å². The van der Waals surface area contributed by atoms with E-state index in [1.807, 2.05) is 48.5 Å². The molecule has 2 aliphatic rings. The number of hydrogen-bond donors (Lipinski definition) is 4. The highest BCUT2D eigenvalue weighted by atomic mass is 19.1. The van der Waals surface area contributed by atoms with Crippen molar-refractivity contribution in [2.75, 3.05) is 27.3 Å². The number of methoxy groups -OCH3 is 2. The number of aliphatic hydroxyl groups excluding tert-OH is 1. The molecule has 1 saturated heterocycles. The summed E-state index contributed by atoms with van der Waals surface area (Å²) in [5.41, 5.74) is 0.913. The molecule has 0 unspecified atom stereocenters. The quantitative estimate of drug-likeness (QED) is 0.157. The third-order valence-electron chi connectivity index (χ3n) is 9.74. The highest BCUT2D eigenvalue weighted by Gasteiger charge is 2.52. The molecule has 4 N–H and O–H groups in total. The second-order valence-corrected chi connectivity index (χ2v) is 13.7. The van der Waals surface area contributed by atoms with Crippen molar-refractivity contribution in [2.24, 2.45) is 5.92 Å². The predicted octanol–water partition coefficient (Wildman–Crippen LogP) is 4.07. The van der Waals surface area contributed by atoms with Crippen molar-refractivity contribution in [3.05, 3.63) is 95.1 Å². The molecule has 51 heavy (non-hydrogen) atoms. The van der Waals surface area contributed by atoms with Gasteiger partial charge in [-0.3, -0.25) is 14.4 Å². The molecular formula is C39H48F2N4O6. The maximum Gasteiger partial charge on any atom is 0.249 e. The van der Waals surface area contributed by atoms with Crippen LogP contribution in [0.15, 0.2) is 66.7 Å². The van der Waals surface area contributed by atoms with Gasteiger partial charge in [-0.25, -0.2) is 8.78 Å². The van der Waals surface area contributed by atoms with Gasteiger partial charge >= 0.3 is 0 Å². The molecule has 274 valence electrons. The van der Waals surface area contributed by atoms with Crippen molar-refractivity contribution in [2.45, 2.75) is 82.1 Å². The van der Waals surface area contributed by atoms with Crippen LogP contribution in [0.4, 0.5) is 8.78 Å². The van der Waals surface area contributed by atoms with Crippen LogP contribution in [0.3, 0.4) is 0 Å². The van der Waals surface area contributed by atoms with Crippen molar-refractivity contribution in [1.29, 1.82) is 0 Å². The minimum Gasteiger partial charge on any atom is -0.497 e. The Kier molecular flexibility index (Phi) is 12.6. The summed E-state index contributed by atoms with van der Waals surface area (Å²) in [6.07, 6.45) is 2.21. The van der Waals surface area contributed by atoms with Gasteiger partial charge in [0.05, 0.1) is 26.4 Å². The van der Waals surface area contributed by atoms with Crippen LogP contribution in [-0.4, -0.2) is 78.8 Å². The van der Waals surface area contributed by atoms with Gasteiger partial charge in [-0.15, -0.1) is 0 Å². The second kappa shape index (κ2) is 17.1. The summed E-state index contributed by atoms with van der Waals surface area (Å²) < 4.78 is 39.3. The van der Waals surface area contributed by atoms with Gasteiger partial charge in [-0.2, -0.15) is 0 Å². The largest absolute Gasteiger partial charge is 0.497 e. The molecule has 3 aromatic carbocycles. The third kappa shape index (κ3) is 10.0. The lowest BCUT2D eigenvalue weighted by Crippen LogP contribution is -2.59. The van der Waals surface area contributed by atoms with Gasteiger partial charge < -0.3 is 35.4 Å². The Bertz CT molecular complexity index is 1670. The number of ether oxygens (including phenoxy) is 2. The fourth-order valence-corrected chi connectivity index (χ4v) is 7.06. The van der Waals surface area contributed by atoms with Crippen LogP contribution >= 0.6 is 0 Å². The second-order valence-electron chi connectivity index (χ2n) is 13.7. The van der Waals surface area contributed by atoms with Gasteiger partial charge in [0.15, 0.2) is 0 Å². The highest BCUT2D eigenvalue weighted by Crippen LogP contribution is 2.41. The van der Waals surface area contributed by atoms with E-state index in [-0.39, 0.29) is 43.3 Å². The van der Waals surface area contributed by atoms with E-state index in [0.717, 1.165) is 30.0 Å². The summed E-state index contributed by atoms with van der Waals surface area (Å²) >= 11 is 0. The first-order chi connectivity index (χ1) is 24.5. The van der Waals surface area contributed by atoms with Crippen LogP contribution < -0.4 is 25.4 Å². The van der Waals surface area contributed by atoms with E-state index in [1.165, 1.54) is 24.0 Å². The number of benzene rings is 3. The van der Waals surface area contributed by atoms with E-state index in [9.17, 15) is 28.3 Å². The Morgan fingerprint density at radius 1 is 1.00 bits per heavy atom. The van der Waals surface area contributed by atoms with Gasteiger partial charge in [0.2, 0.25) is 17.7 Å². The summed E-state index contributed by atoms with van der Waals surface area (Å²) in [6.45, 7) is 2.07. The first-order valence-corrected chi connectivity index (χ1v) is 17.5. The zero-order valence-electron chi connectivity index (χ0n) is 29.4. The smallest absolute Gasteiger partial charge is 0.249 e. The lowest BCUT2D eigenvalue weighted by molar-refractivity contribution is -0.143. The van der Waals surface area contributed by atoms with Crippen molar-refractivity contribution in [1.82, 2.24) is 20.9 Å². The molecule has 1 aliphatic heterocycles. The Balaban J connectivity index is 1.40. The van der Waals surface area contributed by atoms with Gasteiger partial charge in [0, 0.05) is 32.6 Å². The number of amides is 3. The normalized spacial score (nSPS) is 18.9. The molecule has 0 spiro atoms. The number of halogens is 2. The maximum absolute atomic E-state index is 14.4. The van der Waals surface area contributed by atoms with E-state index < -0.39 is 41.3 Å². The number of aryl methyl sites for hydroxylation is 1. The fourth-order valence-electron chi connectivity index (χ4n) is 7.06. The number of likely N-dealkylation sites (tertiary alicyclic amines) is 1. The lowest BCUT2D eigenvalue weighted by Gasteiger charge is -2.33. The number of aliphatic hydroxyl groups is 1. The molecule has 4 atom stereocenters. The van der Waals surface area contributed by atoms with Crippen molar-refractivity contribution < 1.29 is 37.7 Å². The van der Waals surface area contributed by atoms with Crippen molar-refractivity contribution in [3.8, 4) is 11.5 Å². The van der Waals surface area contributed by atoms with Crippen molar-refractivity contribution in [3.63, 3.8) is 0 Å². The number of rotatable bonds is 18. The minimum absolute atomic E-state index is 0.0432. The molecule has 0 aromatic heterocycles. The number of para-hydroxylation sites is 1. The zero-order valence-corrected chi connectivity index (χ0v) is 29.4. The zero-order chi connectivity index (χ0) is 36.5. The third-order valence-corrected chi connectivity index (χ3v) is 9.74. The lowest BCUT2D eigenvalue weighted by atomic mass is 9.90. The standard InChI is InChI=1S/C39H48F2N4O6/c1-25(46)44-39(22-26-11-12-26)15-16-45(38(39)49)34(14-13-29-8-4-5-10-36(29)51-3)37(48)43-33(20-28-17-30(40)21-31(41)18-28)35(47)24-42-23-27-7-6-9-32(19-27)50-2/h4-10,17-19,21,26,33-35,42,47H,11-16,20,22-24H2,1-3H3,(H,43,48)(H,44,46)/t33-,34-,35+,39+/m0/s1. The van der Waals surface area contributed by atoms with E-state index in [1.54, 1.807) is 14.2 Å². The first kappa shape index (κ1) is 37.7. The molecule has 10 nitrogen and oxygen atoms in total. The molecule has 1 saturated carbocycles.